The van der Waals surface area contributed by atoms with Gasteiger partial charge in [-0.25, -0.2) is 0 Å². The predicted molar refractivity (Wildman–Crippen MR) is 121 cm³/mol. The first kappa shape index (κ1) is 34.1. The van der Waals surface area contributed by atoms with E-state index in [1.165, 1.54) is 32.0 Å². The second kappa shape index (κ2) is 15.7. The normalized spacial score (nSPS) is 13.2. The third kappa shape index (κ3) is 13.0. The van der Waals surface area contributed by atoms with Crippen molar-refractivity contribution >= 4 is 32.2 Å². The number of quaternary nitrogens is 2. The summed E-state index contributed by atoms with van der Waals surface area (Å²) in [6.45, 7) is 13.4. The fraction of sp³-hybridized carbons (Fsp3) is 0.600. The second-order valence-electron chi connectivity index (χ2n) is 7.20. The lowest BCUT2D eigenvalue weighted by Crippen LogP contribution is -3.15. The molecule has 0 radical (unpaired) electrons. The maximum Gasteiger partial charge on any atom is 0.319 e. The first-order valence-corrected chi connectivity index (χ1v) is 13.6. The van der Waals surface area contributed by atoms with E-state index in [0.717, 1.165) is 15.9 Å². The topological polar surface area (TPSA) is 198 Å². The highest BCUT2D eigenvalue weighted by Gasteiger charge is 2.26. The summed E-state index contributed by atoms with van der Waals surface area (Å²) >= 11 is 0. The molecule has 2 atom stereocenters. The zero-order valence-corrected chi connectivity index (χ0v) is 21.9. The van der Waals surface area contributed by atoms with Gasteiger partial charge >= 0.3 is 20.2 Å². The lowest BCUT2D eigenvalue weighted by Gasteiger charge is -2.20. The van der Waals surface area contributed by atoms with E-state index in [0.29, 0.717) is 26.2 Å². The zero-order valence-electron chi connectivity index (χ0n) is 20.3. The van der Waals surface area contributed by atoms with Crippen LogP contribution in [0.15, 0.2) is 24.3 Å². The summed E-state index contributed by atoms with van der Waals surface area (Å²) in [6.07, 6.45) is 0. The van der Waals surface area contributed by atoms with Gasteiger partial charge in [-0.3, -0.25) is 9.11 Å². The molecule has 0 spiro atoms. The van der Waals surface area contributed by atoms with E-state index < -0.39 is 42.9 Å². The van der Waals surface area contributed by atoms with E-state index in [1.807, 2.05) is 27.7 Å². The maximum absolute atomic E-state index is 10.6. The Bertz CT molecular complexity index is 898. The molecule has 0 aliphatic heterocycles. The van der Waals surface area contributed by atoms with E-state index >= 15 is 0 Å². The third-order valence-electron chi connectivity index (χ3n) is 5.19. The fourth-order valence-electron chi connectivity index (χ4n) is 2.84. The molecule has 0 saturated carbocycles. The van der Waals surface area contributed by atoms with Gasteiger partial charge in [0.15, 0.2) is 0 Å². The third-order valence-corrected chi connectivity index (χ3v) is 7.65. The average molecular weight is 529 g/mol. The number of hydrogen-bond acceptors (Lipinski definition) is 8. The van der Waals surface area contributed by atoms with Gasteiger partial charge in [-0.2, -0.15) is 16.8 Å². The monoisotopic (exact) mass is 528 g/mol. The highest BCUT2D eigenvalue weighted by atomic mass is 32.2. The van der Waals surface area contributed by atoms with Crippen molar-refractivity contribution in [1.29, 1.82) is 0 Å². The second-order valence-corrected chi connectivity index (χ2v) is 10.7. The van der Waals surface area contributed by atoms with Crippen LogP contribution >= 0.6 is 0 Å². The summed E-state index contributed by atoms with van der Waals surface area (Å²) in [5.41, 5.74) is -0.339. The quantitative estimate of drug-likeness (QED) is 0.223. The van der Waals surface area contributed by atoms with Gasteiger partial charge in [-0.05, 0) is 44.9 Å². The molecule has 14 heteroatoms. The van der Waals surface area contributed by atoms with Crippen molar-refractivity contribution in [2.75, 3.05) is 26.2 Å². The van der Waals surface area contributed by atoms with Gasteiger partial charge in [0.25, 0.3) is 0 Å². The average Bonchev–Trinajstić information content (AvgIpc) is 2.75. The van der Waals surface area contributed by atoms with Crippen LogP contribution in [0.5, 0.6) is 0 Å². The molecule has 0 saturated heterocycles. The Balaban J connectivity index is 0. The number of benzene rings is 1. The summed E-state index contributed by atoms with van der Waals surface area (Å²) in [6, 6.07) is 4.81. The first-order valence-electron chi connectivity index (χ1n) is 10.6. The number of nitrogens with one attached hydrogen (secondary N) is 2. The van der Waals surface area contributed by atoms with Crippen molar-refractivity contribution in [3.05, 3.63) is 35.4 Å². The fourth-order valence-corrected chi connectivity index (χ4v) is 4.35. The van der Waals surface area contributed by atoms with E-state index in [4.69, 9.17) is 9.11 Å². The molecule has 4 N–H and O–H groups in total. The maximum atomic E-state index is 10.6. The first-order chi connectivity index (χ1) is 15.5. The molecule has 0 aromatic heterocycles. The number of rotatable bonds is 10. The molecule has 1 rings (SSSR count). The van der Waals surface area contributed by atoms with Crippen molar-refractivity contribution in [1.82, 2.24) is 0 Å². The summed E-state index contributed by atoms with van der Waals surface area (Å²) in [7, 11) is -7.73. The minimum Gasteiger partial charge on any atom is -0.545 e. The van der Waals surface area contributed by atoms with Crippen LogP contribution in [0.3, 0.4) is 0 Å². The van der Waals surface area contributed by atoms with Crippen LogP contribution in [0.2, 0.25) is 0 Å². The van der Waals surface area contributed by atoms with E-state index in [9.17, 15) is 36.6 Å². The molecule has 0 aliphatic rings. The molecule has 0 aliphatic carbocycles. The molecular formula is C20H36N2O10S2. The van der Waals surface area contributed by atoms with Crippen molar-refractivity contribution in [3.8, 4) is 0 Å². The Morgan fingerprint density at radius 2 is 1.03 bits per heavy atom. The minimum absolute atomic E-state index is 0.170. The Hall–Kier alpha value is -2.10. The lowest BCUT2D eigenvalue weighted by molar-refractivity contribution is -0.906. The molecule has 0 amide bonds. The molecule has 2 unspecified atom stereocenters. The van der Waals surface area contributed by atoms with Crippen LogP contribution in [0.4, 0.5) is 0 Å². The number of carboxylic acids is 2. The highest BCUT2D eigenvalue weighted by Crippen LogP contribution is 2.02. The largest absolute Gasteiger partial charge is 0.545 e. The summed E-state index contributed by atoms with van der Waals surface area (Å²) in [4.78, 5) is 22.2. The molecule has 0 bridgehead atoms. The molecule has 0 heterocycles. The number of carbonyl (C=O) groups is 2. The van der Waals surface area contributed by atoms with Crippen LogP contribution < -0.4 is 20.0 Å². The van der Waals surface area contributed by atoms with Crippen LogP contribution in [0, 0.1) is 0 Å². The summed E-state index contributed by atoms with van der Waals surface area (Å²) < 4.78 is 59.8. The van der Waals surface area contributed by atoms with E-state index in [2.05, 4.69) is 0 Å². The Morgan fingerprint density at radius 3 is 1.18 bits per heavy atom. The molecular weight excluding hydrogens is 492 g/mol. The van der Waals surface area contributed by atoms with Gasteiger partial charge in [-0.1, -0.05) is 18.2 Å². The molecule has 12 nitrogen and oxygen atoms in total. The van der Waals surface area contributed by atoms with Gasteiger partial charge in [0.2, 0.25) is 10.7 Å². The highest BCUT2D eigenvalue weighted by molar-refractivity contribution is 7.86. The van der Waals surface area contributed by atoms with Gasteiger partial charge in [0.1, 0.15) is 0 Å². The molecule has 1 aromatic carbocycles. The van der Waals surface area contributed by atoms with Crippen LogP contribution in [0.1, 0.15) is 62.3 Å². The Morgan fingerprint density at radius 1 is 0.765 bits per heavy atom. The van der Waals surface area contributed by atoms with Crippen molar-refractivity contribution in [2.24, 2.45) is 0 Å². The smallest absolute Gasteiger partial charge is 0.319 e. The van der Waals surface area contributed by atoms with E-state index in [1.54, 1.807) is 0 Å². The minimum atomic E-state index is -3.86. The van der Waals surface area contributed by atoms with E-state index in [-0.39, 0.29) is 11.1 Å². The lowest BCUT2D eigenvalue weighted by atomic mass is 10.1. The Labute approximate surface area is 201 Å². The number of carboxylic acid groups (broad SMARTS) is 2. The van der Waals surface area contributed by atoms with Gasteiger partial charge < -0.3 is 29.6 Å². The van der Waals surface area contributed by atoms with Gasteiger partial charge in [-0.15, -0.1) is 0 Å². The zero-order chi connectivity index (χ0) is 27.3. The SMILES string of the molecule is CC[NH+](CC)C(C)S(=O)(=O)O.CC[NH+](CC)C(C)S(=O)(=O)O.O=C([O-])c1cccc(C(=O)[O-])c1. The number of aromatic carboxylic acids is 2. The molecule has 0 fully saturated rings. The Kier molecular flexibility index (Phi) is 15.8. The standard InChI is InChI=1S/C8H6O4.2C6H15NO3S/c9-7(10)5-2-1-3-6(4-5)8(11)12;2*1-4-7(5-2)6(3)11(8,9)10/h1-4H,(H,9,10)(H,11,12);2*6H,4-5H2,1-3H3,(H,8,9,10). The number of carbonyl (C=O) groups excluding carboxylic acids is 2. The van der Waals surface area contributed by atoms with Crippen LogP contribution in [0.25, 0.3) is 0 Å². The summed E-state index contributed by atoms with van der Waals surface area (Å²) in [5.74, 6) is -2.81. The van der Waals surface area contributed by atoms with Crippen LogP contribution in [-0.4, -0.2) is 74.8 Å². The van der Waals surface area contributed by atoms with Gasteiger partial charge in [0, 0.05) is 13.8 Å². The number of hydrogen-bond donors (Lipinski definition) is 4. The van der Waals surface area contributed by atoms with Crippen molar-refractivity contribution in [3.63, 3.8) is 0 Å². The molecule has 34 heavy (non-hydrogen) atoms. The van der Waals surface area contributed by atoms with Crippen molar-refractivity contribution in [2.45, 2.75) is 52.3 Å². The van der Waals surface area contributed by atoms with Crippen molar-refractivity contribution < 1.29 is 55.5 Å². The predicted octanol–water partition coefficient (Wildman–Crippen LogP) is -3.30. The summed E-state index contributed by atoms with van der Waals surface area (Å²) in [5, 5.41) is 19.1. The molecule has 198 valence electrons. The molecule has 1 aromatic rings. The van der Waals surface area contributed by atoms with Crippen LogP contribution in [-0.2, 0) is 20.2 Å². The van der Waals surface area contributed by atoms with Gasteiger partial charge in [0.05, 0.1) is 38.1 Å².